The Morgan fingerprint density at radius 3 is 2.39 bits per heavy atom. The van der Waals surface area contributed by atoms with Gasteiger partial charge in [-0.05, 0) is 27.6 Å². The number of aromatic hydroxyl groups is 1. The van der Waals surface area contributed by atoms with Gasteiger partial charge in [-0.3, -0.25) is 25.0 Å². The van der Waals surface area contributed by atoms with Gasteiger partial charge in [0.2, 0.25) is 5.75 Å². The van der Waals surface area contributed by atoms with Gasteiger partial charge in [0.25, 0.3) is 5.78 Å². The first-order valence-electron chi connectivity index (χ1n) is 9.02. The van der Waals surface area contributed by atoms with Gasteiger partial charge in [-0.25, -0.2) is 4.79 Å². The molecule has 0 amide bonds. The maximum atomic E-state index is 12.5. The number of Topliss-reactive ketones (excluding diaryl/α,β-unsaturated/α-hetero) is 1. The molecule has 4 rings (SSSR count). The number of nitro groups is 2. The average molecular weight is 582 g/mol. The number of phenolic OH excluding ortho intramolecular Hbond substituents is 1. The van der Waals surface area contributed by atoms with Crippen molar-refractivity contribution in [2.24, 2.45) is 0 Å². The Hall–Kier alpha value is -3.58. The third-order valence-corrected chi connectivity index (χ3v) is 6.79. The summed E-state index contributed by atoms with van der Waals surface area (Å²) >= 11 is 6.18. The predicted octanol–water partition coefficient (Wildman–Crippen LogP) is 4.05. The number of carboxylic acid groups (broad SMARTS) is 1. The van der Waals surface area contributed by atoms with Crippen LogP contribution in [-0.4, -0.2) is 36.6 Å². The van der Waals surface area contributed by atoms with E-state index in [4.69, 9.17) is 4.74 Å². The van der Waals surface area contributed by atoms with Gasteiger partial charge in [0, 0.05) is 29.2 Å². The number of hydrogen-bond acceptors (Lipinski definition) is 8. The fraction of sp³-hybridized carbons (Fsp3) is 0.100. The van der Waals surface area contributed by atoms with E-state index in [-0.39, 0.29) is 38.2 Å². The van der Waals surface area contributed by atoms with E-state index in [0.717, 1.165) is 12.1 Å². The number of phenols is 1. The van der Waals surface area contributed by atoms with Crippen LogP contribution in [0.25, 0.3) is 0 Å². The molecule has 168 valence electrons. The molecule has 0 bridgehead atoms. The van der Waals surface area contributed by atoms with Crippen molar-refractivity contribution in [3.63, 3.8) is 0 Å². The number of aromatic carboxylic acids is 1. The first kappa shape index (κ1) is 22.6. The molecule has 0 fully saturated rings. The number of ketones is 1. The Balaban J connectivity index is 2.12. The number of carboxylic acids is 1. The van der Waals surface area contributed by atoms with E-state index >= 15 is 0 Å². The zero-order valence-electron chi connectivity index (χ0n) is 16.0. The highest BCUT2D eigenvalue weighted by Crippen LogP contribution is 2.54. The molecular weight excluding hydrogens is 572 g/mol. The predicted molar refractivity (Wildman–Crippen MR) is 118 cm³/mol. The molecule has 1 aliphatic heterocycles. The minimum atomic E-state index is -1.30. The Kier molecular flexibility index (Phi) is 5.54. The number of rotatable bonds is 4. The number of nitro benzene ring substituents is 1. The molecule has 33 heavy (non-hydrogen) atoms. The molecule has 2 aromatic rings. The van der Waals surface area contributed by atoms with Gasteiger partial charge in [0.1, 0.15) is 20.8 Å². The standard InChI is InChI=1S/C20H10Br2N2O9/c21-14-16(25)11(23(29)30)5-9-13(7-3-1-2-4-8(7)20(27)28)10-6-12(24(31)32)17(26)15(22)19(10)33-18(9)14/h1-6,13-14,26H,(H,27,28). The molecule has 2 aromatic carbocycles. The third-order valence-electron chi connectivity index (χ3n) is 5.22. The zero-order chi connectivity index (χ0) is 24.2. The van der Waals surface area contributed by atoms with Crippen LogP contribution < -0.4 is 4.74 Å². The van der Waals surface area contributed by atoms with Crippen molar-refractivity contribution < 1.29 is 34.4 Å². The number of benzene rings is 2. The van der Waals surface area contributed by atoms with Crippen LogP contribution in [0.5, 0.6) is 11.5 Å². The van der Waals surface area contributed by atoms with Crippen LogP contribution in [0.15, 0.2) is 57.9 Å². The van der Waals surface area contributed by atoms with E-state index in [2.05, 4.69) is 31.9 Å². The van der Waals surface area contributed by atoms with Gasteiger partial charge < -0.3 is 14.9 Å². The molecule has 2 aliphatic rings. The van der Waals surface area contributed by atoms with Gasteiger partial charge in [-0.2, -0.15) is 0 Å². The number of carbonyl (C=O) groups excluding carboxylic acids is 1. The molecule has 13 heteroatoms. The fourth-order valence-corrected chi connectivity index (χ4v) is 4.91. The summed E-state index contributed by atoms with van der Waals surface area (Å²) in [6.07, 6.45) is 0.980. The molecule has 0 saturated carbocycles. The second-order valence-corrected chi connectivity index (χ2v) is 8.70. The lowest BCUT2D eigenvalue weighted by atomic mass is 9.77. The highest BCUT2D eigenvalue weighted by molar-refractivity contribution is 9.10. The highest BCUT2D eigenvalue weighted by atomic mass is 79.9. The third kappa shape index (κ3) is 3.49. The molecule has 1 heterocycles. The van der Waals surface area contributed by atoms with Crippen molar-refractivity contribution in [3.8, 4) is 11.5 Å². The SMILES string of the molecule is O=C(O)c1ccccc1C1C2=C(Oc3c1cc([N+](=O)[O-])c(O)c3Br)C(Br)C(=O)C([N+](=O)[O-])=C2. The lowest BCUT2D eigenvalue weighted by molar-refractivity contribution is -0.419. The van der Waals surface area contributed by atoms with Crippen LogP contribution in [0.4, 0.5) is 5.69 Å². The van der Waals surface area contributed by atoms with E-state index in [0.29, 0.717) is 0 Å². The van der Waals surface area contributed by atoms with E-state index < -0.39 is 49.5 Å². The summed E-state index contributed by atoms with van der Waals surface area (Å²) in [5.41, 5.74) is -1.29. The second-order valence-electron chi connectivity index (χ2n) is 6.99. The minimum Gasteiger partial charge on any atom is -0.501 e. The van der Waals surface area contributed by atoms with Gasteiger partial charge in [-0.1, -0.05) is 34.1 Å². The van der Waals surface area contributed by atoms with Crippen LogP contribution in [0, 0.1) is 20.2 Å². The number of allylic oxidation sites excluding steroid dienone is 4. The molecule has 2 unspecified atom stereocenters. The van der Waals surface area contributed by atoms with E-state index in [1.807, 2.05) is 0 Å². The monoisotopic (exact) mass is 580 g/mol. The highest BCUT2D eigenvalue weighted by Gasteiger charge is 2.46. The van der Waals surface area contributed by atoms with Gasteiger partial charge in [0.05, 0.1) is 15.4 Å². The molecule has 2 atom stereocenters. The summed E-state index contributed by atoms with van der Waals surface area (Å²) in [4.78, 5) is 44.5. The van der Waals surface area contributed by atoms with Crippen molar-refractivity contribution >= 4 is 49.3 Å². The van der Waals surface area contributed by atoms with Crippen LogP contribution in [0.3, 0.4) is 0 Å². The Bertz CT molecular complexity index is 1350. The van der Waals surface area contributed by atoms with Crippen molar-refractivity contribution in [3.05, 3.63) is 94.8 Å². The lowest BCUT2D eigenvalue weighted by Crippen LogP contribution is -2.33. The lowest BCUT2D eigenvalue weighted by Gasteiger charge is -2.33. The molecule has 0 aromatic heterocycles. The number of carbonyl (C=O) groups is 2. The maximum Gasteiger partial charge on any atom is 0.335 e. The Morgan fingerprint density at radius 1 is 1.12 bits per heavy atom. The normalized spacial score (nSPS) is 19.2. The van der Waals surface area contributed by atoms with E-state index in [9.17, 15) is 40.0 Å². The summed E-state index contributed by atoms with van der Waals surface area (Å²) in [5, 5.41) is 43.0. The molecule has 0 spiro atoms. The molecular formula is C20H10Br2N2O9. The zero-order valence-corrected chi connectivity index (χ0v) is 19.2. The van der Waals surface area contributed by atoms with Crippen LogP contribution >= 0.6 is 31.9 Å². The number of ether oxygens (including phenoxy) is 1. The van der Waals surface area contributed by atoms with E-state index in [1.165, 1.54) is 18.2 Å². The first-order chi connectivity index (χ1) is 15.5. The number of hydrogen-bond donors (Lipinski definition) is 2. The first-order valence-corrected chi connectivity index (χ1v) is 10.7. The fourth-order valence-electron chi connectivity index (χ4n) is 3.80. The van der Waals surface area contributed by atoms with Gasteiger partial charge in [-0.15, -0.1) is 0 Å². The molecule has 0 radical (unpaired) electrons. The average Bonchev–Trinajstić information content (AvgIpc) is 2.77. The molecule has 1 aliphatic carbocycles. The van der Waals surface area contributed by atoms with Crippen molar-refractivity contribution in [2.75, 3.05) is 0 Å². The van der Waals surface area contributed by atoms with Crippen molar-refractivity contribution in [1.82, 2.24) is 0 Å². The van der Waals surface area contributed by atoms with E-state index in [1.54, 1.807) is 6.07 Å². The minimum absolute atomic E-state index is 0.0581. The van der Waals surface area contributed by atoms with Crippen LogP contribution in [0.1, 0.15) is 27.4 Å². The topological polar surface area (TPSA) is 170 Å². The summed E-state index contributed by atoms with van der Waals surface area (Å²) in [7, 11) is 0. The molecule has 0 saturated heterocycles. The number of alkyl halides is 1. The second kappa shape index (κ2) is 8.08. The maximum absolute atomic E-state index is 12.5. The van der Waals surface area contributed by atoms with Crippen molar-refractivity contribution in [1.29, 1.82) is 0 Å². The Labute approximate surface area is 200 Å². The summed E-state index contributed by atoms with van der Waals surface area (Å²) < 4.78 is 5.63. The largest absolute Gasteiger partial charge is 0.501 e. The van der Waals surface area contributed by atoms with Crippen LogP contribution in [-0.2, 0) is 4.79 Å². The Morgan fingerprint density at radius 2 is 1.79 bits per heavy atom. The summed E-state index contributed by atoms with van der Waals surface area (Å²) in [6.45, 7) is 0. The molecule has 2 N–H and O–H groups in total. The summed E-state index contributed by atoms with van der Waals surface area (Å²) in [6, 6.07) is 6.81. The number of halogens is 2. The van der Waals surface area contributed by atoms with Crippen molar-refractivity contribution in [2.45, 2.75) is 10.7 Å². The quantitative estimate of drug-likeness (QED) is 0.307. The number of fused-ring (bicyclic) bond motifs is 1. The smallest absolute Gasteiger partial charge is 0.335 e. The van der Waals surface area contributed by atoms with Crippen LogP contribution in [0.2, 0.25) is 0 Å². The molecule has 11 nitrogen and oxygen atoms in total. The van der Waals surface area contributed by atoms with Gasteiger partial charge >= 0.3 is 17.4 Å². The summed E-state index contributed by atoms with van der Waals surface area (Å²) in [5.74, 6) is -4.17. The van der Waals surface area contributed by atoms with Gasteiger partial charge in [0.15, 0.2) is 0 Å². The number of nitrogens with zero attached hydrogens (tertiary/aromatic N) is 2.